The number of ether oxygens (including phenoxy) is 2. The highest BCUT2D eigenvalue weighted by molar-refractivity contribution is 4.79. The molecule has 0 aromatic rings. The number of hydrogen-bond donors (Lipinski definition) is 0. The Hall–Kier alpha value is -0.0800. The van der Waals surface area contributed by atoms with Gasteiger partial charge in [0.1, 0.15) is 0 Å². The van der Waals surface area contributed by atoms with Crippen molar-refractivity contribution < 1.29 is 9.47 Å². The summed E-state index contributed by atoms with van der Waals surface area (Å²) in [5.74, 6) is 0.863. The molecule has 2 fully saturated rings. The average molecular weight is 226 g/mol. The first-order chi connectivity index (χ1) is 7.88. The summed E-state index contributed by atoms with van der Waals surface area (Å²) in [5, 5.41) is 0. The van der Waals surface area contributed by atoms with Crippen molar-refractivity contribution in [1.82, 2.24) is 0 Å². The van der Waals surface area contributed by atoms with Gasteiger partial charge in [0.2, 0.25) is 0 Å². The van der Waals surface area contributed by atoms with Crippen LogP contribution in [0.25, 0.3) is 0 Å². The van der Waals surface area contributed by atoms with Gasteiger partial charge in [0, 0.05) is 0 Å². The van der Waals surface area contributed by atoms with Crippen LogP contribution in [0.1, 0.15) is 58.3 Å². The van der Waals surface area contributed by atoms with E-state index in [1.165, 1.54) is 51.4 Å². The van der Waals surface area contributed by atoms with Gasteiger partial charge in [-0.2, -0.15) is 0 Å². The normalized spacial score (nSPS) is 29.1. The lowest BCUT2D eigenvalue weighted by atomic mass is 9.91. The summed E-state index contributed by atoms with van der Waals surface area (Å²) < 4.78 is 10.7. The number of hydrogen-bond acceptors (Lipinski definition) is 2. The van der Waals surface area contributed by atoms with Crippen LogP contribution in [-0.2, 0) is 9.47 Å². The molecule has 94 valence electrons. The Balaban J connectivity index is 1.53. The van der Waals surface area contributed by atoms with E-state index < -0.39 is 0 Å². The molecule has 2 rings (SSSR count). The second-order valence-electron chi connectivity index (χ2n) is 5.45. The lowest BCUT2D eigenvalue weighted by Crippen LogP contribution is -2.08. The fraction of sp³-hybridized carbons (Fsp3) is 1.00. The monoisotopic (exact) mass is 226 g/mol. The molecule has 0 aromatic heterocycles. The lowest BCUT2D eigenvalue weighted by Gasteiger charge is -2.14. The third-order valence-electron chi connectivity index (χ3n) is 3.71. The zero-order valence-corrected chi connectivity index (χ0v) is 10.6. The van der Waals surface area contributed by atoms with Crippen molar-refractivity contribution in [2.24, 2.45) is 5.92 Å². The highest BCUT2D eigenvalue weighted by Gasteiger charge is 2.31. The maximum atomic E-state index is 5.35. The van der Waals surface area contributed by atoms with Crippen LogP contribution in [0.2, 0.25) is 0 Å². The molecule has 16 heavy (non-hydrogen) atoms. The second kappa shape index (κ2) is 6.61. The van der Waals surface area contributed by atoms with Gasteiger partial charge < -0.3 is 9.47 Å². The van der Waals surface area contributed by atoms with E-state index in [1.807, 2.05) is 0 Å². The third kappa shape index (κ3) is 5.31. The third-order valence-corrected chi connectivity index (χ3v) is 3.71. The summed E-state index contributed by atoms with van der Waals surface area (Å²) in [7, 11) is 0. The molecule has 0 bridgehead atoms. The highest BCUT2D eigenvalue weighted by Crippen LogP contribution is 2.30. The van der Waals surface area contributed by atoms with Crippen LogP contribution < -0.4 is 0 Å². The molecule has 0 aliphatic carbocycles. The van der Waals surface area contributed by atoms with Gasteiger partial charge in [-0.05, 0) is 18.8 Å². The minimum Gasteiger partial charge on any atom is -0.373 e. The first-order valence-electron chi connectivity index (χ1n) is 7.11. The molecule has 0 spiro atoms. The lowest BCUT2D eigenvalue weighted by molar-refractivity contribution is 0.292. The largest absolute Gasteiger partial charge is 0.373 e. The topological polar surface area (TPSA) is 25.1 Å². The molecule has 2 aliphatic rings. The van der Waals surface area contributed by atoms with Crippen LogP contribution in [-0.4, -0.2) is 25.4 Å². The second-order valence-corrected chi connectivity index (χ2v) is 5.45. The molecule has 0 N–H and O–H groups in total. The van der Waals surface area contributed by atoms with Crippen LogP contribution in [0.15, 0.2) is 0 Å². The first-order valence-corrected chi connectivity index (χ1v) is 7.11. The van der Waals surface area contributed by atoms with Crippen LogP contribution in [0.4, 0.5) is 0 Å². The van der Waals surface area contributed by atoms with Gasteiger partial charge >= 0.3 is 0 Å². The standard InChI is InChI=1S/C14H26O2/c1-2-3-4-5-6-7-12(8-13-10-15-13)9-14-11-16-14/h12-14H,2-11H2,1H3. The van der Waals surface area contributed by atoms with Gasteiger partial charge in [-0.1, -0.05) is 45.4 Å². The predicted octanol–water partition coefficient (Wildman–Crippen LogP) is 3.54. The van der Waals surface area contributed by atoms with E-state index in [0.29, 0.717) is 12.2 Å². The quantitative estimate of drug-likeness (QED) is 0.420. The number of epoxide rings is 2. The fourth-order valence-corrected chi connectivity index (χ4v) is 2.52. The van der Waals surface area contributed by atoms with E-state index in [0.717, 1.165) is 19.1 Å². The van der Waals surface area contributed by atoms with Gasteiger partial charge in [-0.25, -0.2) is 0 Å². The summed E-state index contributed by atoms with van der Waals surface area (Å²) in [6.45, 7) is 4.30. The molecule has 0 amide bonds. The van der Waals surface area contributed by atoms with E-state index in [2.05, 4.69) is 6.92 Å². The Morgan fingerprint density at radius 1 is 0.938 bits per heavy atom. The van der Waals surface area contributed by atoms with Crippen molar-refractivity contribution in [3.05, 3.63) is 0 Å². The van der Waals surface area contributed by atoms with E-state index in [9.17, 15) is 0 Å². The van der Waals surface area contributed by atoms with E-state index in [4.69, 9.17) is 9.47 Å². The van der Waals surface area contributed by atoms with E-state index >= 15 is 0 Å². The highest BCUT2D eigenvalue weighted by atomic mass is 16.6. The van der Waals surface area contributed by atoms with Crippen molar-refractivity contribution in [2.75, 3.05) is 13.2 Å². The van der Waals surface area contributed by atoms with Crippen molar-refractivity contribution in [3.8, 4) is 0 Å². The first kappa shape index (κ1) is 12.4. The van der Waals surface area contributed by atoms with E-state index in [1.54, 1.807) is 0 Å². The molecular weight excluding hydrogens is 200 g/mol. The summed E-state index contributed by atoms with van der Waals surface area (Å²) in [6, 6.07) is 0. The molecule has 2 unspecified atom stereocenters. The minimum absolute atomic E-state index is 0.597. The van der Waals surface area contributed by atoms with E-state index in [-0.39, 0.29) is 0 Å². The zero-order chi connectivity index (χ0) is 11.2. The molecular formula is C14H26O2. The van der Waals surface area contributed by atoms with Crippen LogP contribution in [0.5, 0.6) is 0 Å². The van der Waals surface area contributed by atoms with Crippen molar-refractivity contribution >= 4 is 0 Å². The Labute approximate surface area is 99.7 Å². The molecule has 2 aliphatic heterocycles. The zero-order valence-electron chi connectivity index (χ0n) is 10.6. The number of rotatable bonds is 10. The smallest absolute Gasteiger partial charge is 0.0812 e. The summed E-state index contributed by atoms with van der Waals surface area (Å²) >= 11 is 0. The van der Waals surface area contributed by atoms with Gasteiger partial charge in [0.05, 0.1) is 25.4 Å². The van der Waals surface area contributed by atoms with Crippen molar-refractivity contribution in [2.45, 2.75) is 70.5 Å². The molecule has 0 aromatic carbocycles. The van der Waals surface area contributed by atoms with Gasteiger partial charge in [-0.3, -0.25) is 0 Å². The SMILES string of the molecule is CCCCCCCC(CC1CO1)CC1CO1. The Morgan fingerprint density at radius 2 is 1.50 bits per heavy atom. The maximum Gasteiger partial charge on any atom is 0.0812 e. The van der Waals surface area contributed by atoms with Gasteiger partial charge in [0.25, 0.3) is 0 Å². The molecule has 2 saturated heterocycles. The number of unbranched alkanes of at least 4 members (excludes halogenated alkanes) is 4. The Kier molecular flexibility index (Phi) is 5.11. The molecule has 2 atom stereocenters. The van der Waals surface area contributed by atoms with Crippen molar-refractivity contribution in [1.29, 1.82) is 0 Å². The van der Waals surface area contributed by atoms with Crippen molar-refractivity contribution in [3.63, 3.8) is 0 Å². The minimum atomic E-state index is 0.597. The molecule has 2 heterocycles. The Morgan fingerprint density at radius 3 is 2.00 bits per heavy atom. The van der Waals surface area contributed by atoms with Crippen LogP contribution in [0, 0.1) is 5.92 Å². The summed E-state index contributed by atoms with van der Waals surface area (Å²) in [4.78, 5) is 0. The summed E-state index contributed by atoms with van der Waals surface area (Å²) in [5.41, 5.74) is 0. The summed E-state index contributed by atoms with van der Waals surface area (Å²) in [6.07, 6.45) is 12.1. The van der Waals surface area contributed by atoms with Gasteiger partial charge in [-0.15, -0.1) is 0 Å². The predicted molar refractivity (Wildman–Crippen MR) is 65.6 cm³/mol. The Bertz CT molecular complexity index is 171. The van der Waals surface area contributed by atoms with Gasteiger partial charge in [0.15, 0.2) is 0 Å². The molecule has 2 nitrogen and oxygen atoms in total. The molecule has 2 heteroatoms. The average Bonchev–Trinajstić information content (AvgIpc) is 3.12. The molecule has 0 saturated carbocycles. The van der Waals surface area contributed by atoms with Crippen LogP contribution >= 0.6 is 0 Å². The fourth-order valence-electron chi connectivity index (χ4n) is 2.52. The molecule has 0 radical (unpaired) electrons. The van der Waals surface area contributed by atoms with Crippen LogP contribution in [0.3, 0.4) is 0 Å². The maximum absolute atomic E-state index is 5.35.